The van der Waals surface area contributed by atoms with Gasteiger partial charge in [-0.2, -0.15) is 0 Å². The van der Waals surface area contributed by atoms with Crippen LogP contribution in [0.15, 0.2) is 47.5 Å². The SMILES string of the molecule is CC1CN(C(=O)Cn2ccn3c(=O)c(OCc4ccccc4)c(C(=O)S)nc23)CC(C)O1. The Hall–Kier alpha value is -3.11. The van der Waals surface area contributed by atoms with Crippen molar-refractivity contribution in [3.63, 3.8) is 0 Å². The molecule has 10 heteroatoms. The van der Waals surface area contributed by atoms with Crippen molar-refractivity contribution in [2.75, 3.05) is 13.1 Å². The highest BCUT2D eigenvalue weighted by molar-refractivity contribution is 7.97. The van der Waals surface area contributed by atoms with Crippen LogP contribution in [0.1, 0.15) is 29.9 Å². The Kier molecular flexibility index (Phi) is 6.33. The predicted molar refractivity (Wildman–Crippen MR) is 120 cm³/mol. The van der Waals surface area contributed by atoms with Crippen molar-refractivity contribution < 1.29 is 19.1 Å². The molecule has 9 nitrogen and oxygen atoms in total. The summed E-state index contributed by atoms with van der Waals surface area (Å²) in [7, 11) is 0. The lowest BCUT2D eigenvalue weighted by Crippen LogP contribution is -2.49. The molecule has 1 aliphatic rings. The Balaban J connectivity index is 1.63. The number of rotatable bonds is 6. The van der Waals surface area contributed by atoms with E-state index in [1.807, 2.05) is 44.2 Å². The first-order chi connectivity index (χ1) is 15.3. The van der Waals surface area contributed by atoms with E-state index in [0.29, 0.717) is 13.1 Å². The van der Waals surface area contributed by atoms with Crippen LogP contribution in [0, 0.1) is 0 Å². The number of carbonyl (C=O) groups excluding carboxylic acids is 2. The number of amides is 1. The molecule has 4 rings (SSSR count). The Morgan fingerprint density at radius 1 is 1.16 bits per heavy atom. The number of fused-ring (bicyclic) bond motifs is 1. The van der Waals surface area contributed by atoms with E-state index in [9.17, 15) is 14.4 Å². The molecule has 0 bridgehead atoms. The summed E-state index contributed by atoms with van der Waals surface area (Å²) in [6.45, 7) is 4.91. The van der Waals surface area contributed by atoms with Gasteiger partial charge >= 0.3 is 5.56 Å². The molecule has 1 amide bonds. The van der Waals surface area contributed by atoms with Crippen LogP contribution < -0.4 is 10.3 Å². The minimum atomic E-state index is -0.692. The minimum Gasteiger partial charge on any atom is -0.481 e. The van der Waals surface area contributed by atoms with E-state index in [2.05, 4.69) is 17.6 Å². The quantitative estimate of drug-likeness (QED) is 0.568. The maximum atomic E-state index is 13.0. The molecule has 2 aromatic heterocycles. The van der Waals surface area contributed by atoms with Crippen molar-refractivity contribution in [2.45, 2.75) is 39.2 Å². The molecule has 0 spiro atoms. The van der Waals surface area contributed by atoms with Gasteiger partial charge in [0.1, 0.15) is 13.2 Å². The van der Waals surface area contributed by atoms with Crippen molar-refractivity contribution in [2.24, 2.45) is 0 Å². The fraction of sp³-hybridized carbons (Fsp3) is 0.364. The summed E-state index contributed by atoms with van der Waals surface area (Å²) in [5.74, 6) is -0.129. The molecule has 1 fully saturated rings. The second-order valence-electron chi connectivity index (χ2n) is 7.83. The van der Waals surface area contributed by atoms with Gasteiger partial charge in [0, 0.05) is 25.5 Å². The number of nitrogens with zero attached hydrogens (tertiary/aromatic N) is 4. The molecule has 1 aliphatic heterocycles. The summed E-state index contributed by atoms with van der Waals surface area (Å²) in [6.07, 6.45) is 2.98. The van der Waals surface area contributed by atoms with Gasteiger partial charge in [-0.1, -0.05) is 43.0 Å². The largest absolute Gasteiger partial charge is 0.481 e. The lowest BCUT2D eigenvalue weighted by Gasteiger charge is -2.35. The highest BCUT2D eigenvalue weighted by Gasteiger charge is 2.27. The highest BCUT2D eigenvalue weighted by Crippen LogP contribution is 2.18. The second kappa shape index (κ2) is 9.17. The maximum Gasteiger partial charge on any atom is 0.302 e. The molecule has 2 atom stereocenters. The van der Waals surface area contributed by atoms with Crippen LogP contribution in [0.2, 0.25) is 0 Å². The number of hydrogen-bond donors (Lipinski definition) is 1. The molecule has 3 aromatic rings. The lowest BCUT2D eigenvalue weighted by atomic mass is 10.2. The van der Waals surface area contributed by atoms with Crippen molar-refractivity contribution >= 4 is 29.4 Å². The van der Waals surface area contributed by atoms with Crippen molar-refractivity contribution in [3.8, 4) is 5.75 Å². The molecular weight excluding hydrogens is 432 g/mol. The fourth-order valence-electron chi connectivity index (χ4n) is 3.81. The standard InChI is InChI=1S/C22H24N4O5S/c1-14-10-25(11-15(2)31-14)17(27)12-24-8-9-26-20(28)19(18(21(29)32)23-22(24)26)30-13-16-6-4-3-5-7-16/h3-9,14-15H,10-13H2,1-2H3,(H,29,32). The van der Waals surface area contributed by atoms with E-state index in [0.717, 1.165) is 5.56 Å². The van der Waals surface area contributed by atoms with Gasteiger partial charge in [-0.3, -0.25) is 14.4 Å². The molecule has 3 heterocycles. The number of ether oxygens (including phenoxy) is 2. The van der Waals surface area contributed by atoms with Gasteiger partial charge in [-0.05, 0) is 19.4 Å². The molecule has 1 saturated heterocycles. The molecule has 32 heavy (non-hydrogen) atoms. The monoisotopic (exact) mass is 456 g/mol. The molecule has 2 unspecified atom stereocenters. The van der Waals surface area contributed by atoms with Crippen molar-refractivity contribution in [1.29, 1.82) is 0 Å². The maximum absolute atomic E-state index is 13.0. The van der Waals surface area contributed by atoms with E-state index in [1.165, 1.54) is 15.2 Å². The number of hydrogen-bond acceptors (Lipinski definition) is 6. The molecule has 168 valence electrons. The molecule has 0 aliphatic carbocycles. The van der Waals surface area contributed by atoms with Crippen molar-refractivity contribution in [3.05, 3.63) is 64.3 Å². The number of benzene rings is 1. The number of aromatic nitrogens is 3. The zero-order chi connectivity index (χ0) is 22.8. The number of carbonyl (C=O) groups is 2. The summed E-state index contributed by atoms with van der Waals surface area (Å²) < 4.78 is 14.1. The van der Waals surface area contributed by atoms with Crippen LogP contribution in [0.25, 0.3) is 5.78 Å². The van der Waals surface area contributed by atoms with E-state index in [1.54, 1.807) is 11.1 Å². The van der Waals surface area contributed by atoms with Gasteiger partial charge in [0.05, 0.1) is 12.2 Å². The summed E-state index contributed by atoms with van der Waals surface area (Å²) in [4.78, 5) is 44.1. The fourth-order valence-corrected chi connectivity index (χ4v) is 3.96. The first-order valence-electron chi connectivity index (χ1n) is 10.3. The second-order valence-corrected chi connectivity index (χ2v) is 8.23. The van der Waals surface area contributed by atoms with Gasteiger partial charge in [-0.25, -0.2) is 9.38 Å². The Labute approximate surface area is 190 Å². The topological polar surface area (TPSA) is 95.1 Å². The van der Waals surface area contributed by atoms with Crippen LogP contribution in [-0.4, -0.2) is 55.2 Å². The summed E-state index contributed by atoms with van der Waals surface area (Å²) in [5, 5.41) is -0.692. The third-order valence-corrected chi connectivity index (χ3v) is 5.43. The van der Waals surface area contributed by atoms with Gasteiger partial charge < -0.3 is 18.9 Å². The number of imidazole rings is 1. The lowest BCUT2D eigenvalue weighted by molar-refractivity contribution is -0.143. The van der Waals surface area contributed by atoms with E-state index < -0.39 is 10.7 Å². The molecule has 0 radical (unpaired) electrons. The van der Waals surface area contributed by atoms with Crippen molar-refractivity contribution in [1.82, 2.24) is 18.9 Å². The van der Waals surface area contributed by atoms with E-state index >= 15 is 0 Å². The third-order valence-electron chi connectivity index (χ3n) is 5.21. The average Bonchev–Trinajstić information content (AvgIpc) is 3.15. The number of thiol groups is 1. The van der Waals surface area contributed by atoms with E-state index in [-0.39, 0.29) is 48.5 Å². The molecule has 0 saturated carbocycles. The van der Waals surface area contributed by atoms with Gasteiger partial charge in [0.25, 0.3) is 0 Å². The van der Waals surface area contributed by atoms with Crippen LogP contribution in [0.5, 0.6) is 5.75 Å². The molecule has 1 aromatic carbocycles. The Bertz CT molecular complexity index is 1200. The smallest absolute Gasteiger partial charge is 0.302 e. The normalized spacial score (nSPS) is 18.7. The average molecular weight is 457 g/mol. The van der Waals surface area contributed by atoms with Gasteiger partial charge in [0.15, 0.2) is 5.69 Å². The first-order valence-corrected chi connectivity index (χ1v) is 10.7. The highest BCUT2D eigenvalue weighted by atomic mass is 32.1. The predicted octanol–water partition coefficient (Wildman–Crippen LogP) is 1.78. The van der Waals surface area contributed by atoms with Crippen LogP contribution in [0.4, 0.5) is 0 Å². The zero-order valence-electron chi connectivity index (χ0n) is 17.8. The van der Waals surface area contributed by atoms with Gasteiger partial charge in [-0.15, -0.1) is 0 Å². The Morgan fingerprint density at radius 3 is 2.50 bits per heavy atom. The van der Waals surface area contributed by atoms with Crippen LogP contribution in [0.3, 0.4) is 0 Å². The molecule has 0 N–H and O–H groups in total. The number of morpholine rings is 1. The summed E-state index contributed by atoms with van der Waals surface area (Å²) >= 11 is 3.87. The summed E-state index contributed by atoms with van der Waals surface area (Å²) in [6, 6.07) is 9.27. The third kappa shape index (κ3) is 4.56. The zero-order valence-corrected chi connectivity index (χ0v) is 18.7. The van der Waals surface area contributed by atoms with Crippen LogP contribution in [-0.2, 0) is 22.7 Å². The van der Waals surface area contributed by atoms with E-state index in [4.69, 9.17) is 9.47 Å². The first kappa shape index (κ1) is 22.1. The Morgan fingerprint density at radius 2 is 1.84 bits per heavy atom. The van der Waals surface area contributed by atoms with Crippen LogP contribution >= 0.6 is 12.6 Å². The minimum absolute atomic E-state index is 0.0210. The summed E-state index contributed by atoms with van der Waals surface area (Å²) in [5.41, 5.74) is 0.116. The van der Waals surface area contributed by atoms with Gasteiger partial charge in [0.2, 0.25) is 22.5 Å². The molecular formula is C22H24N4O5S.